The van der Waals surface area contributed by atoms with Crippen LogP contribution >= 0.6 is 11.3 Å². The van der Waals surface area contributed by atoms with Gasteiger partial charge in [-0.1, -0.05) is 12.1 Å². The minimum Gasteiger partial charge on any atom is -0.326 e. The topological polar surface area (TPSA) is 88.9 Å². The minimum absolute atomic E-state index is 0.0479. The number of hydrogen-bond donors (Lipinski definition) is 2. The van der Waals surface area contributed by atoms with Crippen molar-refractivity contribution in [1.29, 1.82) is 0 Å². The molecule has 2 aromatic carbocycles. The smallest absolute Gasteiger partial charge is 0.257 e. The van der Waals surface area contributed by atoms with Gasteiger partial charge in [-0.2, -0.15) is 5.10 Å². The second kappa shape index (κ2) is 7.81. The van der Waals surface area contributed by atoms with Crippen LogP contribution in [0, 0.1) is 6.92 Å². The van der Waals surface area contributed by atoms with E-state index in [1.54, 1.807) is 23.0 Å². The summed E-state index contributed by atoms with van der Waals surface area (Å²) in [5, 5.41) is 10.6. The zero-order valence-electron chi connectivity index (χ0n) is 16.8. The van der Waals surface area contributed by atoms with Crippen LogP contribution in [0.25, 0.3) is 16.9 Å². The van der Waals surface area contributed by atoms with Crippen molar-refractivity contribution in [3.8, 4) is 16.9 Å². The van der Waals surface area contributed by atoms with Gasteiger partial charge in [0, 0.05) is 40.5 Å². The van der Waals surface area contributed by atoms with Crippen molar-refractivity contribution in [2.24, 2.45) is 0 Å². The second-order valence-electron chi connectivity index (χ2n) is 7.30. The molecule has 0 unspecified atom stereocenters. The number of benzene rings is 2. The fourth-order valence-corrected chi connectivity index (χ4v) is 4.46. The highest BCUT2D eigenvalue weighted by atomic mass is 32.1. The van der Waals surface area contributed by atoms with Crippen LogP contribution in [-0.2, 0) is 11.2 Å². The third-order valence-corrected chi connectivity index (χ3v) is 6.05. The summed E-state index contributed by atoms with van der Waals surface area (Å²) in [5.41, 5.74) is 5.13. The summed E-state index contributed by atoms with van der Waals surface area (Å²) >= 11 is 1.44. The lowest BCUT2D eigenvalue weighted by Crippen LogP contribution is -2.18. The molecule has 0 bridgehead atoms. The van der Waals surface area contributed by atoms with Crippen molar-refractivity contribution in [2.45, 2.75) is 19.8 Å². The molecule has 8 heteroatoms. The number of aromatic nitrogens is 3. The fourth-order valence-electron chi connectivity index (χ4n) is 3.63. The number of amides is 2. The molecule has 2 amide bonds. The number of aryl methyl sites for hydroxylation is 2. The van der Waals surface area contributed by atoms with E-state index in [2.05, 4.69) is 26.8 Å². The first-order chi connectivity index (χ1) is 15.1. The van der Waals surface area contributed by atoms with Gasteiger partial charge in [0.2, 0.25) is 5.91 Å². The Morgan fingerprint density at radius 1 is 1.16 bits per heavy atom. The lowest BCUT2D eigenvalue weighted by molar-refractivity contribution is -0.116. The van der Waals surface area contributed by atoms with Gasteiger partial charge in [-0.3, -0.25) is 14.9 Å². The molecule has 1 aliphatic heterocycles. The van der Waals surface area contributed by atoms with E-state index in [4.69, 9.17) is 0 Å². The van der Waals surface area contributed by atoms with Crippen LogP contribution in [0.2, 0.25) is 0 Å². The molecule has 7 nitrogen and oxygen atoms in total. The summed E-state index contributed by atoms with van der Waals surface area (Å²) in [4.78, 5) is 30.1. The molecule has 0 aliphatic carbocycles. The minimum atomic E-state index is -0.220. The zero-order chi connectivity index (χ0) is 21.4. The van der Waals surface area contributed by atoms with Gasteiger partial charge >= 0.3 is 0 Å². The van der Waals surface area contributed by atoms with Crippen LogP contribution in [0.3, 0.4) is 0 Å². The molecule has 1 aliphatic rings. The molecular weight excluding hydrogens is 410 g/mol. The van der Waals surface area contributed by atoms with E-state index in [-0.39, 0.29) is 11.8 Å². The Hall–Kier alpha value is -3.78. The summed E-state index contributed by atoms with van der Waals surface area (Å²) < 4.78 is 1.71. The van der Waals surface area contributed by atoms with E-state index in [0.717, 1.165) is 33.1 Å². The Bertz CT molecular complexity index is 1290. The Kier molecular flexibility index (Phi) is 4.83. The normalized spacial score (nSPS) is 12.9. The molecule has 4 aromatic rings. The van der Waals surface area contributed by atoms with Crippen LogP contribution in [0.1, 0.15) is 27.2 Å². The van der Waals surface area contributed by atoms with Crippen molar-refractivity contribution in [3.05, 3.63) is 76.9 Å². The zero-order valence-corrected chi connectivity index (χ0v) is 17.6. The van der Waals surface area contributed by atoms with E-state index in [1.807, 2.05) is 43.5 Å². The number of nitrogens with zero attached hydrogens (tertiary/aromatic N) is 3. The molecule has 0 radical (unpaired) electrons. The number of anilines is 2. The molecule has 5 rings (SSSR count). The molecule has 2 N–H and O–H groups in total. The van der Waals surface area contributed by atoms with Crippen molar-refractivity contribution >= 4 is 34.0 Å². The molecule has 0 fully saturated rings. The Balaban J connectivity index is 1.37. The number of fused-ring (bicyclic) bond motifs is 1. The van der Waals surface area contributed by atoms with Gasteiger partial charge in [-0.25, -0.2) is 9.67 Å². The fraction of sp³-hybridized carbons (Fsp3) is 0.130. The maximum absolute atomic E-state index is 12.8. The highest BCUT2D eigenvalue weighted by Gasteiger charge is 2.18. The molecule has 154 valence electrons. The number of thiazole rings is 1. The Labute approximate surface area is 182 Å². The monoisotopic (exact) mass is 429 g/mol. The van der Waals surface area contributed by atoms with Crippen LogP contribution in [0.5, 0.6) is 0 Å². The van der Waals surface area contributed by atoms with Crippen molar-refractivity contribution in [3.63, 3.8) is 0 Å². The molecule has 3 heterocycles. The average molecular weight is 430 g/mol. The number of nitrogens with one attached hydrogen (secondary N) is 2. The average Bonchev–Trinajstić information content (AvgIpc) is 3.43. The van der Waals surface area contributed by atoms with Gasteiger partial charge in [-0.15, -0.1) is 11.3 Å². The largest absolute Gasteiger partial charge is 0.326 e. The second-order valence-corrected chi connectivity index (χ2v) is 8.50. The maximum atomic E-state index is 12.8. The van der Waals surface area contributed by atoms with E-state index >= 15 is 0 Å². The summed E-state index contributed by atoms with van der Waals surface area (Å²) in [7, 11) is 0. The number of rotatable bonds is 4. The standard InChI is InChI=1S/C23H19N5O2S/c1-14-21(16-6-8-19-15(12-16)7-9-20(29)25-19)26-23(31-14)27-22(30)17-4-2-5-18(13-17)28-11-3-10-24-28/h2-6,8,10-13H,7,9H2,1H3,(H,25,29)(H,26,27,30). The number of carbonyl (C=O) groups excluding carboxylic acids is 2. The molecule has 0 saturated heterocycles. The van der Waals surface area contributed by atoms with Gasteiger partial charge in [0.1, 0.15) is 0 Å². The quantitative estimate of drug-likeness (QED) is 0.502. The van der Waals surface area contributed by atoms with E-state index in [9.17, 15) is 9.59 Å². The molecule has 2 aromatic heterocycles. The Morgan fingerprint density at radius 3 is 2.90 bits per heavy atom. The summed E-state index contributed by atoms with van der Waals surface area (Å²) in [5.74, 6) is -0.172. The van der Waals surface area contributed by atoms with Crippen LogP contribution in [-0.4, -0.2) is 26.6 Å². The predicted molar refractivity (Wildman–Crippen MR) is 121 cm³/mol. The maximum Gasteiger partial charge on any atom is 0.257 e. The Morgan fingerprint density at radius 2 is 2.06 bits per heavy atom. The molecule has 0 spiro atoms. The number of hydrogen-bond acceptors (Lipinski definition) is 5. The van der Waals surface area contributed by atoms with Crippen LogP contribution in [0.15, 0.2) is 60.9 Å². The summed E-state index contributed by atoms with van der Waals surface area (Å²) in [6, 6.07) is 15.1. The molecule has 31 heavy (non-hydrogen) atoms. The van der Waals surface area contributed by atoms with Crippen LogP contribution in [0.4, 0.5) is 10.8 Å². The highest BCUT2D eigenvalue weighted by Crippen LogP contribution is 2.34. The van der Waals surface area contributed by atoms with E-state index in [0.29, 0.717) is 23.5 Å². The van der Waals surface area contributed by atoms with Gasteiger partial charge in [0.25, 0.3) is 5.91 Å². The van der Waals surface area contributed by atoms with Crippen LogP contribution < -0.4 is 10.6 Å². The van der Waals surface area contributed by atoms with E-state index in [1.165, 1.54) is 11.3 Å². The summed E-state index contributed by atoms with van der Waals surface area (Å²) in [6.07, 6.45) is 4.73. The van der Waals surface area contributed by atoms with E-state index < -0.39 is 0 Å². The van der Waals surface area contributed by atoms with Crippen molar-refractivity contribution in [1.82, 2.24) is 14.8 Å². The molecular formula is C23H19N5O2S. The first-order valence-electron chi connectivity index (χ1n) is 9.89. The number of carbonyl (C=O) groups is 2. The van der Waals surface area contributed by atoms with Gasteiger partial charge < -0.3 is 5.32 Å². The summed E-state index contributed by atoms with van der Waals surface area (Å²) in [6.45, 7) is 1.99. The first kappa shape index (κ1) is 19.2. The lowest BCUT2D eigenvalue weighted by Gasteiger charge is -2.17. The van der Waals surface area contributed by atoms with Crippen molar-refractivity contribution < 1.29 is 9.59 Å². The third-order valence-electron chi connectivity index (χ3n) is 5.17. The molecule has 0 atom stereocenters. The predicted octanol–water partition coefficient (Wildman–Crippen LogP) is 4.44. The first-order valence-corrected chi connectivity index (χ1v) is 10.7. The van der Waals surface area contributed by atoms with Gasteiger partial charge in [0.05, 0.1) is 11.4 Å². The third kappa shape index (κ3) is 3.85. The highest BCUT2D eigenvalue weighted by molar-refractivity contribution is 7.16. The SMILES string of the molecule is Cc1sc(NC(=O)c2cccc(-n3cccn3)c2)nc1-c1ccc2c(c1)CCC(=O)N2. The van der Waals surface area contributed by atoms with Gasteiger partial charge in [0.15, 0.2) is 5.13 Å². The molecule has 0 saturated carbocycles. The van der Waals surface area contributed by atoms with Crippen molar-refractivity contribution in [2.75, 3.05) is 10.6 Å². The van der Waals surface area contributed by atoms with Gasteiger partial charge in [-0.05, 0) is 55.3 Å². The lowest BCUT2D eigenvalue weighted by atomic mass is 9.99.